The Bertz CT molecular complexity index is 520. The quantitative estimate of drug-likeness (QED) is 0.864. The maximum atomic E-state index is 14.1. The van der Waals surface area contributed by atoms with E-state index >= 15 is 0 Å². The molecule has 0 amide bonds. The minimum absolute atomic E-state index is 0.0102. The van der Waals surface area contributed by atoms with Crippen LogP contribution in [-0.4, -0.2) is 24.2 Å². The summed E-state index contributed by atoms with van der Waals surface area (Å²) in [6, 6.07) is 2.33. The average Bonchev–Trinajstić information content (AvgIpc) is 2.35. The van der Waals surface area contributed by atoms with Gasteiger partial charge in [-0.15, -0.1) is 0 Å². The van der Waals surface area contributed by atoms with E-state index in [1.165, 1.54) is 6.08 Å². The van der Waals surface area contributed by atoms with Crippen molar-refractivity contribution in [1.82, 2.24) is 0 Å². The molecule has 108 valence electrons. The molecular weight excluding hydrogens is 264 g/mol. The topological polar surface area (TPSA) is 40.5 Å². The summed E-state index contributed by atoms with van der Waals surface area (Å²) in [5, 5.41) is 8.52. The van der Waals surface area contributed by atoms with Gasteiger partial charge < -0.3 is 10.0 Å². The van der Waals surface area contributed by atoms with Gasteiger partial charge in [0.1, 0.15) is 17.3 Å². The van der Waals surface area contributed by atoms with Crippen LogP contribution < -0.4 is 4.90 Å². The van der Waals surface area contributed by atoms with Gasteiger partial charge in [-0.3, -0.25) is 0 Å². The summed E-state index contributed by atoms with van der Waals surface area (Å²) in [7, 11) is 0. The molecule has 1 fully saturated rings. The Morgan fingerprint density at radius 1 is 1.40 bits per heavy atom. The van der Waals surface area contributed by atoms with E-state index in [0.29, 0.717) is 19.0 Å². The number of anilines is 1. The molecule has 1 atom stereocenters. The summed E-state index contributed by atoms with van der Waals surface area (Å²) in [6.45, 7) is 3.34. The van der Waals surface area contributed by atoms with Crippen LogP contribution in [0.5, 0.6) is 0 Å². The Labute approximate surface area is 116 Å². The van der Waals surface area contributed by atoms with Crippen LogP contribution in [0, 0.1) is 17.6 Å². The molecule has 0 spiro atoms. The van der Waals surface area contributed by atoms with E-state index in [9.17, 15) is 13.6 Å². The fourth-order valence-electron chi connectivity index (χ4n) is 2.54. The van der Waals surface area contributed by atoms with Crippen LogP contribution >= 0.6 is 0 Å². The molecule has 1 aliphatic rings. The first-order chi connectivity index (χ1) is 9.47. The first kappa shape index (κ1) is 14.5. The van der Waals surface area contributed by atoms with E-state index in [2.05, 4.69) is 6.92 Å². The highest BCUT2D eigenvalue weighted by Gasteiger charge is 2.22. The first-order valence-electron chi connectivity index (χ1n) is 6.62. The van der Waals surface area contributed by atoms with Gasteiger partial charge in [-0.2, -0.15) is 0 Å². The molecule has 1 aliphatic heterocycles. The number of aliphatic carboxylic acids is 1. The molecule has 3 nitrogen and oxygen atoms in total. The van der Waals surface area contributed by atoms with Crippen LogP contribution in [0.2, 0.25) is 0 Å². The lowest BCUT2D eigenvalue weighted by Crippen LogP contribution is -2.35. The minimum Gasteiger partial charge on any atom is -0.478 e. The summed E-state index contributed by atoms with van der Waals surface area (Å²) in [5.41, 5.74) is 0.195. The standard InChI is InChI=1S/C15H17F2NO2/c1-10-3-2-6-18(9-10)15-12(16)7-11(8-13(15)17)4-5-14(19)20/h4-5,7-8,10H,2-3,6,9H2,1H3,(H,19,20). The lowest BCUT2D eigenvalue weighted by atomic mass is 9.99. The average molecular weight is 281 g/mol. The molecule has 1 aromatic rings. The maximum absolute atomic E-state index is 14.1. The second-order valence-corrected chi connectivity index (χ2v) is 5.20. The molecule has 0 saturated carbocycles. The Morgan fingerprint density at radius 2 is 2.05 bits per heavy atom. The van der Waals surface area contributed by atoms with Crippen molar-refractivity contribution in [2.24, 2.45) is 5.92 Å². The van der Waals surface area contributed by atoms with Gasteiger partial charge in [0, 0.05) is 19.2 Å². The van der Waals surface area contributed by atoms with Crippen molar-refractivity contribution < 1.29 is 18.7 Å². The lowest BCUT2D eigenvalue weighted by Gasteiger charge is -2.33. The SMILES string of the molecule is CC1CCCN(c2c(F)cc(C=CC(=O)O)cc2F)C1. The second-order valence-electron chi connectivity index (χ2n) is 5.20. The highest BCUT2D eigenvalue weighted by atomic mass is 19.1. The van der Waals surface area contributed by atoms with Gasteiger partial charge in [0.25, 0.3) is 0 Å². The fourth-order valence-corrected chi connectivity index (χ4v) is 2.54. The van der Waals surface area contributed by atoms with Gasteiger partial charge in [0.05, 0.1) is 0 Å². The third kappa shape index (κ3) is 3.35. The Balaban J connectivity index is 2.28. The molecule has 0 radical (unpaired) electrons. The molecule has 1 unspecified atom stereocenters. The largest absolute Gasteiger partial charge is 0.478 e. The van der Waals surface area contributed by atoms with Crippen LogP contribution in [0.4, 0.5) is 14.5 Å². The lowest BCUT2D eigenvalue weighted by molar-refractivity contribution is -0.131. The number of hydrogen-bond donors (Lipinski definition) is 1. The van der Waals surface area contributed by atoms with Crippen LogP contribution in [0.3, 0.4) is 0 Å². The van der Waals surface area contributed by atoms with Crippen LogP contribution in [0.25, 0.3) is 6.08 Å². The minimum atomic E-state index is -1.15. The third-order valence-corrected chi connectivity index (χ3v) is 3.43. The molecule has 5 heteroatoms. The van der Waals surface area contributed by atoms with Crippen molar-refractivity contribution in [2.75, 3.05) is 18.0 Å². The number of hydrogen-bond acceptors (Lipinski definition) is 2. The Hall–Kier alpha value is -1.91. The molecule has 2 rings (SSSR count). The van der Waals surface area contributed by atoms with Gasteiger partial charge in [0.2, 0.25) is 0 Å². The van der Waals surface area contributed by atoms with E-state index in [0.717, 1.165) is 31.1 Å². The van der Waals surface area contributed by atoms with Gasteiger partial charge in [-0.1, -0.05) is 6.92 Å². The van der Waals surface area contributed by atoms with Gasteiger partial charge in [-0.05, 0) is 42.5 Å². The van der Waals surface area contributed by atoms with Gasteiger partial charge in [0.15, 0.2) is 0 Å². The van der Waals surface area contributed by atoms with E-state index in [4.69, 9.17) is 5.11 Å². The van der Waals surface area contributed by atoms with E-state index in [1.807, 2.05) is 0 Å². The van der Waals surface area contributed by atoms with Crippen molar-refractivity contribution >= 4 is 17.7 Å². The Kier molecular flexibility index (Phi) is 4.37. The van der Waals surface area contributed by atoms with Crippen LogP contribution in [-0.2, 0) is 4.79 Å². The van der Waals surface area contributed by atoms with Crippen molar-refractivity contribution in [1.29, 1.82) is 0 Å². The highest BCUT2D eigenvalue weighted by Crippen LogP contribution is 2.29. The van der Waals surface area contributed by atoms with Gasteiger partial charge >= 0.3 is 5.97 Å². The molecule has 1 heterocycles. The number of carboxylic acids is 1. The normalized spacial score (nSPS) is 19.6. The number of nitrogens with zero attached hydrogens (tertiary/aromatic N) is 1. The molecule has 1 aromatic carbocycles. The molecular formula is C15H17F2NO2. The van der Waals surface area contributed by atoms with Crippen molar-refractivity contribution in [2.45, 2.75) is 19.8 Å². The predicted molar refractivity (Wildman–Crippen MR) is 73.6 cm³/mol. The summed E-state index contributed by atoms with van der Waals surface area (Å²) >= 11 is 0. The van der Waals surface area contributed by atoms with Crippen LogP contribution in [0.1, 0.15) is 25.3 Å². The number of piperidine rings is 1. The molecule has 20 heavy (non-hydrogen) atoms. The van der Waals surface area contributed by atoms with Crippen molar-refractivity contribution in [3.8, 4) is 0 Å². The molecule has 1 N–H and O–H groups in total. The summed E-state index contributed by atoms with van der Waals surface area (Å²) in [5.74, 6) is -2.04. The molecule has 1 saturated heterocycles. The third-order valence-electron chi connectivity index (χ3n) is 3.43. The van der Waals surface area contributed by atoms with Crippen LogP contribution in [0.15, 0.2) is 18.2 Å². The monoisotopic (exact) mass is 281 g/mol. The molecule has 0 bridgehead atoms. The van der Waals surface area contributed by atoms with Crippen molar-refractivity contribution in [3.63, 3.8) is 0 Å². The molecule has 0 aromatic heterocycles. The Morgan fingerprint density at radius 3 is 2.60 bits per heavy atom. The highest BCUT2D eigenvalue weighted by molar-refractivity contribution is 5.85. The number of carbonyl (C=O) groups is 1. The van der Waals surface area contributed by atoms with Crippen molar-refractivity contribution in [3.05, 3.63) is 35.4 Å². The van der Waals surface area contributed by atoms with E-state index < -0.39 is 17.6 Å². The van der Waals surface area contributed by atoms with E-state index in [-0.39, 0.29) is 11.3 Å². The first-order valence-corrected chi connectivity index (χ1v) is 6.62. The predicted octanol–water partition coefficient (Wildman–Crippen LogP) is 3.30. The zero-order valence-corrected chi connectivity index (χ0v) is 11.3. The zero-order valence-electron chi connectivity index (χ0n) is 11.3. The fraction of sp³-hybridized carbons (Fsp3) is 0.400. The number of rotatable bonds is 3. The van der Waals surface area contributed by atoms with E-state index in [1.54, 1.807) is 4.90 Å². The smallest absolute Gasteiger partial charge is 0.328 e. The molecule has 0 aliphatic carbocycles. The number of halogens is 2. The summed E-state index contributed by atoms with van der Waals surface area (Å²) in [6.07, 6.45) is 4.02. The maximum Gasteiger partial charge on any atom is 0.328 e. The summed E-state index contributed by atoms with van der Waals surface area (Å²) < 4.78 is 28.2. The van der Waals surface area contributed by atoms with Gasteiger partial charge in [-0.25, -0.2) is 13.6 Å². The second kappa shape index (κ2) is 6.03. The summed E-state index contributed by atoms with van der Waals surface area (Å²) in [4.78, 5) is 12.1. The number of carboxylic acid groups (broad SMARTS) is 1. The number of benzene rings is 1. The zero-order chi connectivity index (χ0) is 14.7.